The molecule has 6 nitrogen and oxygen atoms in total. The summed E-state index contributed by atoms with van der Waals surface area (Å²) < 4.78 is 55.6. The van der Waals surface area contributed by atoms with E-state index < -0.39 is 11.9 Å². The highest BCUT2D eigenvalue weighted by molar-refractivity contribution is 6.04. The van der Waals surface area contributed by atoms with Crippen LogP contribution in [-0.2, 0) is 4.84 Å². The van der Waals surface area contributed by atoms with Crippen molar-refractivity contribution < 1.29 is 32.2 Å². The number of hydrogen-bond acceptors (Lipinski definition) is 6. The van der Waals surface area contributed by atoms with Gasteiger partial charge in [0.15, 0.2) is 5.71 Å². The number of nitrogens with zero attached hydrogens (tertiary/aromatic N) is 2. The third kappa shape index (κ3) is 6.40. The smallest absolute Gasteiger partial charge is 0.437 e. The Morgan fingerprint density at radius 2 is 1.80 bits per heavy atom. The molecule has 9 heteroatoms. The summed E-state index contributed by atoms with van der Waals surface area (Å²) in [6.07, 6.45) is 0.151. The van der Waals surface area contributed by atoms with Crippen LogP contribution in [0.1, 0.15) is 23.6 Å². The van der Waals surface area contributed by atoms with Gasteiger partial charge in [0.25, 0.3) is 0 Å². The van der Waals surface area contributed by atoms with Crippen LogP contribution in [0.2, 0.25) is 0 Å². The molecule has 30 heavy (non-hydrogen) atoms. The van der Waals surface area contributed by atoms with Crippen molar-refractivity contribution in [3.8, 4) is 17.4 Å². The monoisotopic (exact) mass is 424 g/mol. The summed E-state index contributed by atoms with van der Waals surface area (Å²) in [5.41, 5.74) is 0.312. The van der Waals surface area contributed by atoms with Gasteiger partial charge in [-0.2, -0.15) is 13.2 Å². The van der Waals surface area contributed by atoms with Crippen LogP contribution in [0, 0.1) is 13.8 Å². The normalized spacial score (nSPS) is 12.2. The van der Waals surface area contributed by atoms with Crippen molar-refractivity contribution in [2.45, 2.75) is 26.9 Å². The molecule has 1 aromatic carbocycles. The Balaban J connectivity index is 1.99. The first-order valence-corrected chi connectivity index (χ1v) is 9.01. The topological polar surface area (TPSA) is 62.2 Å². The Morgan fingerprint density at radius 3 is 2.33 bits per heavy atom. The number of halogens is 3. The number of aromatic nitrogens is 1. The molecule has 0 unspecified atom stereocenters. The van der Waals surface area contributed by atoms with E-state index in [1.807, 2.05) is 45.1 Å². The molecule has 2 aromatic rings. The zero-order chi connectivity index (χ0) is 22.1. The molecule has 1 aromatic heterocycles. The number of pyridine rings is 1. The van der Waals surface area contributed by atoms with Crippen molar-refractivity contribution in [1.82, 2.24) is 4.98 Å². The third-order valence-corrected chi connectivity index (χ3v) is 3.89. The lowest BCUT2D eigenvalue weighted by Crippen LogP contribution is -2.24. The van der Waals surface area contributed by atoms with Crippen molar-refractivity contribution in [1.29, 1.82) is 0 Å². The molecule has 0 radical (unpaired) electrons. The molecule has 0 bridgehead atoms. The molecule has 2 rings (SSSR count). The summed E-state index contributed by atoms with van der Waals surface area (Å²) >= 11 is 0. The fourth-order valence-corrected chi connectivity index (χ4v) is 2.58. The second kappa shape index (κ2) is 10.5. The largest absolute Gasteiger partial charge is 0.490 e. The maximum absolute atomic E-state index is 13.0. The number of benzene rings is 1. The number of allylic oxidation sites excluding steroid dienone is 1. The van der Waals surface area contributed by atoms with E-state index in [1.54, 1.807) is 0 Å². The van der Waals surface area contributed by atoms with Crippen molar-refractivity contribution in [3.05, 3.63) is 59.3 Å². The quantitative estimate of drug-likeness (QED) is 0.246. The van der Waals surface area contributed by atoms with Crippen LogP contribution >= 0.6 is 0 Å². The van der Waals surface area contributed by atoms with Gasteiger partial charge in [0.1, 0.15) is 25.2 Å². The fraction of sp³-hybridized carbons (Fsp3) is 0.333. The van der Waals surface area contributed by atoms with E-state index >= 15 is 0 Å². The van der Waals surface area contributed by atoms with Gasteiger partial charge in [-0.05, 0) is 50.1 Å². The lowest BCUT2D eigenvalue weighted by atomic mass is 10.1. The number of alkyl halides is 3. The van der Waals surface area contributed by atoms with Crippen LogP contribution < -0.4 is 14.2 Å². The van der Waals surface area contributed by atoms with Gasteiger partial charge < -0.3 is 19.0 Å². The highest BCUT2D eigenvalue weighted by atomic mass is 19.4. The molecule has 0 aliphatic carbocycles. The van der Waals surface area contributed by atoms with E-state index in [1.165, 1.54) is 12.1 Å². The number of hydrogen-bond donors (Lipinski definition) is 0. The summed E-state index contributed by atoms with van der Waals surface area (Å²) in [4.78, 5) is 8.13. The number of aryl methyl sites for hydroxylation is 2. The average molecular weight is 424 g/mol. The van der Waals surface area contributed by atoms with Gasteiger partial charge >= 0.3 is 6.18 Å². The zero-order valence-electron chi connectivity index (χ0n) is 17.1. The Labute approximate surface area is 172 Å². The highest BCUT2D eigenvalue weighted by Crippen LogP contribution is 2.29. The van der Waals surface area contributed by atoms with Crippen LogP contribution in [-0.4, -0.2) is 37.4 Å². The van der Waals surface area contributed by atoms with Gasteiger partial charge in [0, 0.05) is 17.8 Å². The molecule has 0 aliphatic rings. The third-order valence-electron chi connectivity index (χ3n) is 3.89. The summed E-state index contributed by atoms with van der Waals surface area (Å²) in [7, 11) is 1.04. The second-order valence-corrected chi connectivity index (χ2v) is 6.18. The van der Waals surface area contributed by atoms with E-state index in [0.29, 0.717) is 12.4 Å². The molecule has 0 spiro atoms. The van der Waals surface area contributed by atoms with Crippen molar-refractivity contribution in [2.24, 2.45) is 5.16 Å². The van der Waals surface area contributed by atoms with Crippen molar-refractivity contribution in [2.75, 3.05) is 20.5 Å². The SMILES string of the molecule is C/C=C/COc1cc(C)c(OCOc2ccc(C(=NOC)C(F)(F)F)cn2)c(C)c1. The van der Waals surface area contributed by atoms with Crippen LogP contribution in [0.5, 0.6) is 17.4 Å². The Kier molecular flexibility index (Phi) is 8.08. The van der Waals surface area contributed by atoms with E-state index in [-0.39, 0.29) is 18.2 Å². The predicted octanol–water partition coefficient (Wildman–Crippen LogP) is 4.98. The van der Waals surface area contributed by atoms with Gasteiger partial charge in [-0.1, -0.05) is 17.3 Å². The Hall–Kier alpha value is -3.23. The maximum Gasteiger partial charge on any atom is 0.437 e. The minimum absolute atomic E-state index is 0.110. The second-order valence-electron chi connectivity index (χ2n) is 6.18. The van der Waals surface area contributed by atoms with Gasteiger partial charge in [-0.15, -0.1) is 0 Å². The van der Waals surface area contributed by atoms with Gasteiger partial charge in [-0.25, -0.2) is 4.98 Å². The highest BCUT2D eigenvalue weighted by Gasteiger charge is 2.38. The first-order valence-electron chi connectivity index (χ1n) is 9.01. The molecule has 0 saturated heterocycles. The average Bonchev–Trinajstić information content (AvgIpc) is 2.68. The number of oxime groups is 1. The maximum atomic E-state index is 13.0. The summed E-state index contributed by atoms with van der Waals surface area (Å²) in [6, 6.07) is 6.20. The fourth-order valence-electron chi connectivity index (χ4n) is 2.58. The van der Waals surface area contributed by atoms with E-state index in [0.717, 1.165) is 30.2 Å². The molecule has 0 saturated carbocycles. The summed E-state index contributed by atoms with van der Waals surface area (Å²) in [6.45, 7) is 6.00. The molecule has 162 valence electrons. The van der Waals surface area contributed by atoms with Crippen LogP contribution in [0.4, 0.5) is 13.2 Å². The molecule has 0 fully saturated rings. The van der Waals surface area contributed by atoms with Crippen molar-refractivity contribution >= 4 is 5.71 Å². The summed E-state index contributed by atoms with van der Waals surface area (Å²) in [5, 5.41) is 3.02. The lowest BCUT2D eigenvalue weighted by Gasteiger charge is -2.15. The summed E-state index contributed by atoms with van der Waals surface area (Å²) in [5.74, 6) is 1.47. The Bertz CT molecular complexity index is 871. The van der Waals surface area contributed by atoms with Gasteiger partial charge in [0.2, 0.25) is 12.7 Å². The minimum atomic E-state index is -4.67. The first kappa shape index (κ1) is 23.1. The van der Waals surface area contributed by atoms with Gasteiger partial charge in [-0.3, -0.25) is 0 Å². The predicted molar refractivity (Wildman–Crippen MR) is 106 cm³/mol. The molecular weight excluding hydrogens is 401 g/mol. The lowest BCUT2D eigenvalue weighted by molar-refractivity contribution is -0.0608. The van der Waals surface area contributed by atoms with Gasteiger partial charge in [0.05, 0.1) is 0 Å². The van der Waals surface area contributed by atoms with E-state index in [2.05, 4.69) is 15.0 Å². The zero-order valence-corrected chi connectivity index (χ0v) is 17.1. The van der Waals surface area contributed by atoms with E-state index in [4.69, 9.17) is 14.2 Å². The van der Waals surface area contributed by atoms with Crippen LogP contribution in [0.25, 0.3) is 0 Å². The minimum Gasteiger partial charge on any atom is -0.490 e. The first-order chi connectivity index (χ1) is 14.3. The van der Waals surface area contributed by atoms with Crippen LogP contribution in [0.3, 0.4) is 0 Å². The molecule has 0 aliphatic heterocycles. The molecular formula is C21H23F3N2O4. The standard InChI is InChI=1S/C21H23F3N2O4/c1-5-6-9-28-17-10-14(2)19(15(3)11-17)30-13-29-18-8-7-16(12-25-18)20(26-27-4)21(22,23)24/h5-8,10-12H,9,13H2,1-4H3/b6-5+,26-20?. The Morgan fingerprint density at radius 1 is 1.10 bits per heavy atom. The van der Waals surface area contributed by atoms with E-state index in [9.17, 15) is 13.2 Å². The molecule has 0 N–H and O–H groups in total. The molecule has 1 heterocycles. The number of ether oxygens (including phenoxy) is 3. The molecule has 0 amide bonds. The van der Waals surface area contributed by atoms with Crippen LogP contribution in [0.15, 0.2) is 47.8 Å². The number of rotatable bonds is 9. The molecule has 0 atom stereocenters. The van der Waals surface area contributed by atoms with Crippen molar-refractivity contribution in [3.63, 3.8) is 0 Å².